The van der Waals surface area contributed by atoms with Gasteiger partial charge in [0.15, 0.2) is 11.9 Å². The number of ether oxygens (including phenoxy) is 4. The van der Waals surface area contributed by atoms with E-state index < -0.39 is 29.6 Å². The van der Waals surface area contributed by atoms with Crippen LogP contribution in [-0.2, 0) is 29.3 Å². The van der Waals surface area contributed by atoms with Gasteiger partial charge in [-0.3, -0.25) is 14.4 Å². The van der Waals surface area contributed by atoms with E-state index in [1.807, 2.05) is 38.1 Å². The van der Waals surface area contributed by atoms with Crippen molar-refractivity contribution in [3.05, 3.63) is 57.6 Å². The fourth-order valence-corrected chi connectivity index (χ4v) is 4.28. The number of hydrogen-bond donors (Lipinski definition) is 1. The number of benzene rings is 2. The lowest BCUT2D eigenvalue weighted by atomic mass is 9.78. The highest BCUT2D eigenvalue weighted by Crippen LogP contribution is 2.40. The van der Waals surface area contributed by atoms with E-state index in [9.17, 15) is 14.4 Å². The summed E-state index contributed by atoms with van der Waals surface area (Å²) in [5, 5.41) is 3.24. The molecule has 1 N–H and O–H groups in total. The second-order valence-electron chi connectivity index (χ2n) is 9.09. The van der Waals surface area contributed by atoms with Crippen LogP contribution in [0.2, 0.25) is 10.0 Å². The van der Waals surface area contributed by atoms with Crippen molar-refractivity contribution in [1.82, 2.24) is 5.32 Å². The number of carbonyl (C=O) groups is 3. The second-order valence-corrected chi connectivity index (χ2v) is 10.2. The van der Waals surface area contributed by atoms with Crippen LogP contribution in [0.5, 0.6) is 11.5 Å². The SMILES string of the molecule is CC(=O)NCC(COc1ccc(C(C)(C)c2cc(Cl)c(OCC(CCl)OC(C)=O)c(Cl)c2)cc1)OC(C)=O. The summed E-state index contributed by atoms with van der Waals surface area (Å²) in [4.78, 5) is 33.7. The van der Waals surface area contributed by atoms with Crippen LogP contribution in [-0.4, -0.2) is 55.7 Å². The van der Waals surface area contributed by atoms with Crippen LogP contribution in [0.4, 0.5) is 0 Å². The van der Waals surface area contributed by atoms with E-state index in [0.717, 1.165) is 11.1 Å². The first kappa shape index (κ1) is 31.5. The first-order valence-corrected chi connectivity index (χ1v) is 13.1. The van der Waals surface area contributed by atoms with Gasteiger partial charge in [0.05, 0.1) is 22.5 Å². The fraction of sp³-hybridized carbons (Fsp3) is 0.444. The Morgan fingerprint density at radius 2 is 1.37 bits per heavy atom. The molecule has 0 fully saturated rings. The van der Waals surface area contributed by atoms with E-state index >= 15 is 0 Å². The van der Waals surface area contributed by atoms with Gasteiger partial charge in [0.25, 0.3) is 0 Å². The highest BCUT2D eigenvalue weighted by molar-refractivity contribution is 6.37. The predicted molar refractivity (Wildman–Crippen MR) is 147 cm³/mol. The smallest absolute Gasteiger partial charge is 0.303 e. The normalized spacial score (nSPS) is 12.7. The molecule has 0 saturated heterocycles. The third-order valence-electron chi connectivity index (χ3n) is 5.56. The van der Waals surface area contributed by atoms with Gasteiger partial charge in [-0.2, -0.15) is 0 Å². The van der Waals surface area contributed by atoms with Crippen molar-refractivity contribution >= 4 is 52.6 Å². The van der Waals surface area contributed by atoms with Crippen molar-refractivity contribution < 1.29 is 33.3 Å². The maximum absolute atomic E-state index is 11.3. The van der Waals surface area contributed by atoms with Crippen LogP contribution in [0.1, 0.15) is 45.7 Å². The molecule has 0 heterocycles. The van der Waals surface area contributed by atoms with E-state index in [1.165, 1.54) is 20.8 Å². The van der Waals surface area contributed by atoms with E-state index in [2.05, 4.69) is 5.32 Å². The molecule has 0 bridgehead atoms. The summed E-state index contributed by atoms with van der Waals surface area (Å²) in [5.41, 5.74) is 1.34. The largest absolute Gasteiger partial charge is 0.490 e. The zero-order valence-corrected chi connectivity index (χ0v) is 24.2. The van der Waals surface area contributed by atoms with Crippen molar-refractivity contribution in [1.29, 1.82) is 0 Å². The number of alkyl halides is 1. The molecule has 1 amide bonds. The Bertz CT molecular complexity index is 1100. The van der Waals surface area contributed by atoms with Crippen LogP contribution < -0.4 is 14.8 Å². The molecule has 2 rings (SSSR count). The van der Waals surface area contributed by atoms with Crippen LogP contribution >= 0.6 is 34.8 Å². The standard InChI is InChI=1S/C27H32Cl3NO7/c1-16(32)31-13-23(38-18(3)34)15-35-21-8-6-19(7-9-21)27(4,5)20-10-24(29)26(25(30)11-20)36-14-22(12-28)37-17(2)33/h6-11,22-23H,12-15H2,1-5H3,(H,31,32). The number of amides is 1. The van der Waals surface area contributed by atoms with Crippen molar-refractivity contribution in [2.24, 2.45) is 0 Å². The van der Waals surface area contributed by atoms with E-state index in [4.69, 9.17) is 53.8 Å². The Morgan fingerprint density at radius 3 is 1.87 bits per heavy atom. The molecular weight excluding hydrogens is 557 g/mol. The number of nitrogens with one attached hydrogen (secondary N) is 1. The average molecular weight is 589 g/mol. The van der Waals surface area contributed by atoms with Gasteiger partial charge < -0.3 is 24.3 Å². The van der Waals surface area contributed by atoms with Gasteiger partial charge in [-0.1, -0.05) is 49.2 Å². The number of halogens is 3. The lowest BCUT2D eigenvalue weighted by Crippen LogP contribution is -2.37. The molecule has 2 unspecified atom stereocenters. The minimum Gasteiger partial charge on any atom is -0.490 e. The molecule has 2 aromatic rings. The van der Waals surface area contributed by atoms with Gasteiger partial charge in [-0.25, -0.2) is 0 Å². The van der Waals surface area contributed by atoms with E-state index in [0.29, 0.717) is 15.8 Å². The molecule has 2 atom stereocenters. The average Bonchev–Trinajstić information content (AvgIpc) is 2.83. The zero-order chi connectivity index (χ0) is 28.5. The summed E-state index contributed by atoms with van der Waals surface area (Å²) in [6.45, 7) is 8.28. The van der Waals surface area contributed by atoms with Crippen LogP contribution in [0.3, 0.4) is 0 Å². The van der Waals surface area contributed by atoms with Gasteiger partial charge in [0.1, 0.15) is 25.1 Å². The molecule has 38 heavy (non-hydrogen) atoms. The number of carbonyl (C=O) groups excluding carboxylic acids is 3. The third kappa shape index (κ3) is 9.57. The molecule has 0 radical (unpaired) electrons. The summed E-state index contributed by atoms with van der Waals surface area (Å²) in [5.74, 6) is -0.224. The van der Waals surface area contributed by atoms with Crippen molar-refractivity contribution in [3.8, 4) is 11.5 Å². The molecule has 208 valence electrons. The molecular formula is C27H32Cl3NO7. The maximum atomic E-state index is 11.3. The van der Waals surface area contributed by atoms with Crippen molar-refractivity contribution in [2.75, 3.05) is 25.6 Å². The summed E-state index contributed by atoms with van der Waals surface area (Å²) in [6.07, 6.45) is -1.25. The van der Waals surface area contributed by atoms with Gasteiger partial charge in [-0.05, 0) is 35.4 Å². The molecule has 0 aliphatic rings. The highest BCUT2D eigenvalue weighted by atomic mass is 35.5. The topological polar surface area (TPSA) is 100 Å². The Morgan fingerprint density at radius 1 is 0.842 bits per heavy atom. The molecule has 0 aliphatic heterocycles. The van der Waals surface area contributed by atoms with Crippen molar-refractivity contribution in [2.45, 2.75) is 52.2 Å². The predicted octanol–water partition coefficient (Wildman–Crippen LogP) is 5.32. The minimum atomic E-state index is -0.632. The van der Waals surface area contributed by atoms with E-state index in [-0.39, 0.29) is 37.3 Å². The summed E-state index contributed by atoms with van der Waals surface area (Å²) >= 11 is 18.8. The molecule has 0 spiro atoms. The lowest BCUT2D eigenvalue weighted by molar-refractivity contribution is -0.148. The molecule has 0 aromatic heterocycles. The number of rotatable bonds is 13. The first-order valence-electron chi connectivity index (χ1n) is 11.8. The minimum absolute atomic E-state index is 0.00977. The first-order chi connectivity index (χ1) is 17.8. The molecule has 8 nitrogen and oxygen atoms in total. The van der Waals surface area contributed by atoms with Gasteiger partial charge in [0, 0.05) is 26.2 Å². The van der Waals surface area contributed by atoms with E-state index in [1.54, 1.807) is 12.1 Å². The molecule has 11 heteroatoms. The Hall–Kier alpha value is -2.68. The van der Waals surface area contributed by atoms with Gasteiger partial charge in [0.2, 0.25) is 5.91 Å². The van der Waals surface area contributed by atoms with Crippen LogP contribution in [0.25, 0.3) is 0 Å². The zero-order valence-electron chi connectivity index (χ0n) is 21.9. The second kappa shape index (κ2) is 14.5. The van der Waals surface area contributed by atoms with Crippen LogP contribution in [0.15, 0.2) is 36.4 Å². The summed E-state index contributed by atoms with van der Waals surface area (Å²) in [7, 11) is 0. The summed E-state index contributed by atoms with van der Waals surface area (Å²) in [6, 6.07) is 11.0. The molecule has 2 aromatic carbocycles. The van der Waals surface area contributed by atoms with Crippen molar-refractivity contribution in [3.63, 3.8) is 0 Å². The highest BCUT2D eigenvalue weighted by Gasteiger charge is 2.26. The quantitative estimate of drug-likeness (QED) is 0.250. The monoisotopic (exact) mass is 587 g/mol. The molecule has 0 saturated carbocycles. The number of hydrogen-bond acceptors (Lipinski definition) is 7. The third-order valence-corrected chi connectivity index (χ3v) is 6.47. The molecule has 0 aliphatic carbocycles. The lowest BCUT2D eigenvalue weighted by Gasteiger charge is -2.27. The fourth-order valence-electron chi connectivity index (χ4n) is 3.53. The summed E-state index contributed by atoms with van der Waals surface area (Å²) < 4.78 is 21.8. The van der Waals surface area contributed by atoms with Crippen LogP contribution in [0, 0.1) is 0 Å². The Labute approximate surface area is 237 Å². The number of esters is 2. The maximum Gasteiger partial charge on any atom is 0.303 e. The Balaban J connectivity index is 2.12. The Kier molecular flexibility index (Phi) is 12.0. The van der Waals surface area contributed by atoms with Gasteiger partial charge in [-0.15, -0.1) is 11.6 Å². The van der Waals surface area contributed by atoms with Gasteiger partial charge >= 0.3 is 11.9 Å².